The second-order valence-corrected chi connectivity index (χ2v) is 9.08. The molecule has 2 aromatic carbocycles. The molecule has 0 spiro atoms. The van der Waals surface area contributed by atoms with Crippen molar-refractivity contribution in [3.63, 3.8) is 0 Å². The van der Waals surface area contributed by atoms with Gasteiger partial charge in [0.2, 0.25) is 0 Å². The monoisotopic (exact) mass is 579 g/mol. The van der Waals surface area contributed by atoms with E-state index in [1.807, 2.05) is 48.5 Å². The Kier molecular flexibility index (Phi) is 4.99. The summed E-state index contributed by atoms with van der Waals surface area (Å²) in [6.45, 7) is 0. The van der Waals surface area contributed by atoms with Gasteiger partial charge < -0.3 is 29.9 Å². The molecular formula is C28H12CuN12. The van der Waals surface area contributed by atoms with Crippen LogP contribution < -0.4 is 9.97 Å². The molecule has 0 atom stereocenters. The van der Waals surface area contributed by atoms with Crippen LogP contribution in [0.25, 0.3) is 90.2 Å². The zero-order valence-corrected chi connectivity index (χ0v) is 21.5. The molecule has 0 amide bonds. The van der Waals surface area contributed by atoms with Gasteiger partial charge >= 0.3 is 17.1 Å². The van der Waals surface area contributed by atoms with E-state index >= 15 is 0 Å². The molecule has 195 valence electrons. The summed E-state index contributed by atoms with van der Waals surface area (Å²) >= 11 is 0. The summed E-state index contributed by atoms with van der Waals surface area (Å²) in [5, 5.41) is 3.24. The van der Waals surface area contributed by atoms with Crippen molar-refractivity contribution in [2.45, 2.75) is 0 Å². The standard InChI is InChI=1S/C28H12N12.Cu/c1-2-6-14-13(5-1)21-33-22(14)36-26-19-20(32-12-11-31-19)28(40-26)38-24-16-8-4-3-7-15(16)23(34-24)37-27-18-17(25(35-21)39-27)29-9-10-30-18;/h1-12H;/q-2;+2. The van der Waals surface area contributed by atoms with E-state index in [1.165, 1.54) is 0 Å². The molecule has 2 aliphatic heterocycles. The molecule has 5 aromatic heterocycles. The van der Waals surface area contributed by atoms with Crippen molar-refractivity contribution in [2.75, 3.05) is 0 Å². The quantitative estimate of drug-likeness (QED) is 0.240. The van der Waals surface area contributed by atoms with Gasteiger partial charge in [-0.1, -0.05) is 48.5 Å². The largest absolute Gasteiger partial charge is 2.00 e. The molecule has 9 rings (SSSR count). The maximum Gasteiger partial charge on any atom is 2.00 e. The molecule has 7 heterocycles. The molecule has 13 heteroatoms. The van der Waals surface area contributed by atoms with Crippen LogP contribution >= 0.6 is 0 Å². The maximum absolute atomic E-state index is 4.82. The van der Waals surface area contributed by atoms with E-state index in [-0.39, 0.29) is 17.1 Å². The van der Waals surface area contributed by atoms with Crippen molar-refractivity contribution in [1.29, 1.82) is 0 Å². The SMILES string of the molecule is [Cu+2].c1ccc2c3nc4nc(nc5[n-]c(nc6nc(nc([n-]3)c2c1)-c1nccnc1-6)c1ccccc51)-c1nccnc1-4. The van der Waals surface area contributed by atoms with Crippen LogP contribution in [0, 0.1) is 0 Å². The fraction of sp³-hybridized carbons (Fsp3) is 0. The number of benzene rings is 2. The van der Waals surface area contributed by atoms with Crippen LogP contribution in [0.3, 0.4) is 0 Å². The van der Waals surface area contributed by atoms with Gasteiger partial charge in [0, 0.05) is 47.4 Å². The zero-order chi connectivity index (χ0) is 26.2. The fourth-order valence-electron chi connectivity index (χ4n) is 4.98. The van der Waals surface area contributed by atoms with E-state index in [2.05, 4.69) is 19.9 Å². The van der Waals surface area contributed by atoms with Crippen LogP contribution in [-0.2, 0) is 17.1 Å². The molecule has 0 saturated carbocycles. The van der Waals surface area contributed by atoms with E-state index in [1.54, 1.807) is 24.8 Å². The number of fused-ring (bicyclic) bond motifs is 20. The van der Waals surface area contributed by atoms with E-state index < -0.39 is 0 Å². The second kappa shape index (κ2) is 8.74. The van der Waals surface area contributed by atoms with Crippen LogP contribution in [0.15, 0.2) is 73.3 Å². The molecule has 7 aromatic rings. The minimum Gasteiger partial charge on any atom is -0.357 e. The predicted molar refractivity (Wildman–Crippen MR) is 145 cm³/mol. The Hall–Kier alpha value is -5.52. The summed E-state index contributed by atoms with van der Waals surface area (Å²) in [7, 11) is 0. The number of hydrogen-bond acceptors (Lipinski definition) is 10. The third-order valence-electron chi connectivity index (χ3n) is 6.76. The number of hydrogen-bond donors (Lipinski definition) is 0. The maximum atomic E-state index is 4.82. The average Bonchev–Trinajstić information content (AvgIpc) is 3.73. The van der Waals surface area contributed by atoms with E-state index in [4.69, 9.17) is 39.9 Å². The minimum absolute atomic E-state index is 0. The summed E-state index contributed by atoms with van der Waals surface area (Å²) < 4.78 is 0. The first-order valence-corrected chi connectivity index (χ1v) is 12.3. The summed E-state index contributed by atoms with van der Waals surface area (Å²) in [5.41, 5.74) is 3.85. The number of rotatable bonds is 0. The van der Waals surface area contributed by atoms with Gasteiger partial charge in [0.15, 0.2) is 0 Å². The molecule has 41 heavy (non-hydrogen) atoms. The molecule has 0 fully saturated rings. The van der Waals surface area contributed by atoms with Gasteiger partial charge in [-0.05, 0) is 21.5 Å². The van der Waals surface area contributed by atoms with Gasteiger partial charge in [-0.15, -0.1) is 0 Å². The van der Waals surface area contributed by atoms with Crippen LogP contribution in [0.5, 0.6) is 0 Å². The van der Waals surface area contributed by atoms with Crippen LogP contribution in [0.4, 0.5) is 0 Å². The number of aromatic nitrogens is 12. The topological polar surface area (TPSA) is 157 Å². The van der Waals surface area contributed by atoms with Gasteiger partial charge in [-0.25, -0.2) is 9.97 Å². The van der Waals surface area contributed by atoms with Crippen LogP contribution in [-0.4, -0.2) is 49.8 Å². The first-order valence-electron chi connectivity index (χ1n) is 12.3. The second-order valence-electron chi connectivity index (χ2n) is 9.08. The molecule has 1 radical (unpaired) electrons. The van der Waals surface area contributed by atoms with Crippen molar-refractivity contribution in [3.05, 3.63) is 73.3 Å². The van der Waals surface area contributed by atoms with Crippen LogP contribution in [0.1, 0.15) is 0 Å². The molecule has 0 aliphatic carbocycles. The smallest absolute Gasteiger partial charge is 0.357 e. The molecule has 0 unspecified atom stereocenters. The molecule has 0 saturated heterocycles. The van der Waals surface area contributed by atoms with Gasteiger partial charge in [-0.2, -0.15) is 0 Å². The van der Waals surface area contributed by atoms with E-state index in [0.29, 0.717) is 68.7 Å². The first kappa shape index (κ1) is 23.4. The Morgan fingerprint density at radius 3 is 0.902 bits per heavy atom. The summed E-state index contributed by atoms with van der Waals surface area (Å²) in [5.74, 6) is 1.42. The number of nitrogens with zero attached hydrogens (tertiary/aromatic N) is 12. The van der Waals surface area contributed by atoms with Crippen LogP contribution in [0.2, 0.25) is 0 Å². The molecule has 8 bridgehead atoms. The van der Waals surface area contributed by atoms with E-state index in [0.717, 1.165) is 21.5 Å². The third kappa shape index (κ3) is 3.46. The van der Waals surface area contributed by atoms with Gasteiger partial charge in [-0.3, -0.25) is 19.9 Å². The summed E-state index contributed by atoms with van der Waals surface area (Å²) in [6, 6.07) is 15.5. The fourth-order valence-corrected chi connectivity index (χ4v) is 4.98. The Morgan fingerprint density at radius 1 is 0.366 bits per heavy atom. The Balaban J connectivity index is 0.00000256. The minimum atomic E-state index is 0. The predicted octanol–water partition coefficient (Wildman–Crippen LogP) is 3.70. The van der Waals surface area contributed by atoms with Gasteiger partial charge in [0.25, 0.3) is 0 Å². The van der Waals surface area contributed by atoms with Crippen molar-refractivity contribution in [3.8, 4) is 46.1 Å². The van der Waals surface area contributed by atoms with Gasteiger partial charge in [0.1, 0.15) is 46.1 Å². The molecular weight excluding hydrogens is 568 g/mol. The van der Waals surface area contributed by atoms with Crippen molar-refractivity contribution in [2.24, 2.45) is 0 Å². The normalized spacial score (nSPS) is 11.7. The molecule has 12 nitrogen and oxygen atoms in total. The zero-order valence-electron chi connectivity index (χ0n) is 20.6. The Morgan fingerprint density at radius 2 is 0.634 bits per heavy atom. The van der Waals surface area contributed by atoms with Gasteiger partial charge in [0.05, 0.1) is 0 Å². The van der Waals surface area contributed by atoms with E-state index in [9.17, 15) is 0 Å². The summed E-state index contributed by atoms with van der Waals surface area (Å²) in [4.78, 5) is 56.3. The van der Waals surface area contributed by atoms with Crippen molar-refractivity contribution >= 4 is 44.1 Å². The Labute approximate surface area is 240 Å². The molecule has 0 N–H and O–H groups in total. The third-order valence-corrected chi connectivity index (χ3v) is 6.76. The first-order chi connectivity index (χ1) is 19.8. The van der Waals surface area contributed by atoms with Crippen molar-refractivity contribution < 1.29 is 17.1 Å². The van der Waals surface area contributed by atoms with Crippen molar-refractivity contribution in [1.82, 2.24) is 59.8 Å². The molecule has 2 aliphatic rings. The summed E-state index contributed by atoms with van der Waals surface area (Å²) in [6.07, 6.45) is 6.41. The Bertz CT molecular complexity index is 2040. The average molecular weight is 580 g/mol.